The van der Waals surface area contributed by atoms with Gasteiger partial charge in [-0.2, -0.15) is 0 Å². The summed E-state index contributed by atoms with van der Waals surface area (Å²) in [4.78, 5) is 4.11. The van der Waals surface area contributed by atoms with Crippen LogP contribution in [0.5, 0.6) is 0 Å². The Labute approximate surface area is 121 Å². The summed E-state index contributed by atoms with van der Waals surface area (Å²) in [6, 6.07) is 10.0. The summed E-state index contributed by atoms with van der Waals surface area (Å²) in [5.41, 5.74) is 1.50. The van der Waals surface area contributed by atoms with Gasteiger partial charge < -0.3 is 5.32 Å². The van der Waals surface area contributed by atoms with Crippen molar-refractivity contribution >= 4 is 11.8 Å². The first-order chi connectivity index (χ1) is 9.34. The molecule has 1 fully saturated rings. The van der Waals surface area contributed by atoms with Gasteiger partial charge >= 0.3 is 0 Å². The van der Waals surface area contributed by atoms with E-state index in [9.17, 15) is 0 Å². The van der Waals surface area contributed by atoms with Crippen LogP contribution in [0.2, 0.25) is 0 Å². The zero-order valence-corrected chi connectivity index (χ0v) is 12.6. The van der Waals surface area contributed by atoms with Gasteiger partial charge in [0, 0.05) is 29.3 Å². The quantitative estimate of drug-likeness (QED) is 0.908. The molecule has 0 saturated carbocycles. The molecule has 2 atom stereocenters. The van der Waals surface area contributed by atoms with Crippen molar-refractivity contribution in [2.75, 3.05) is 25.4 Å². The predicted molar refractivity (Wildman–Crippen MR) is 82.8 cm³/mol. The van der Waals surface area contributed by atoms with E-state index >= 15 is 0 Å². The largest absolute Gasteiger partial charge is 0.308 e. The highest BCUT2D eigenvalue weighted by Crippen LogP contribution is 2.37. The van der Waals surface area contributed by atoms with Crippen LogP contribution in [-0.4, -0.2) is 36.3 Å². The van der Waals surface area contributed by atoms with Crippen molar-refractivity contribution < 1.29 is 0 Å². The molecule has 104 valence electrons. The van der Waals surface area contributed by atoms with Crippen molar-refractivity contribution in [2.45, 2.75) is 43.2 Å². The Balaban J connectivity index is 1.52. The highest BCUT2D eigenvalue weighted by atomic mass is 32.2. The fraction of sp³-hybridized carbons (Fsp3) is 0.625. The van der Waals surface area contributed by atoms with E-state index in [1.54, 1.807) is 0 Å². The summed E-state index contributed by atoms with van der Waals surface area (Å²) in [5, 5.41) is 3.77. The van der Waals surface area contributed by atoms with Crippen LogP contribution in [-0.2, 0) is 0 Å². The van der Waals surface area contributed by atoms with Gasteiger partial charge in [-0.05, 0) is 44.5 Å². The SMILES string of the molecule is CC(CNC1CSc2ccccc21)N1CCCCC1. The van der Waals surface area contributed by atoms with Crippen LogP contribution in [0.25, 0.3) is 0 Å². The maximum Gasteiger partial charge on any atom is 0.0427 e. The minimum absolute atomic E-state index is 0.549. The first kappa shape index (κ1) is 13.5. The van der Waals surface area contributed by atoms with Crippen LogP contribution in [0.4, 0.5) is 0 Å². The van der Waals surface area contributed by atoms with Crippen LogP contribution in [0.3, 0.4) is 0 Å². The summed E-state index contributed by atoms with van der Waals surface area (Å²) >= 11 is 1.99. The normalized spacial score (nSPS) is 25.2. The van der Waals surface area contributed by atoms with Gasteiger partial charge in [-0.25, -0.2) is 0 Å². The van der Waals surface area contributed by atoms with Crippen molar-refractivity contribution in [1.82, 2.24) is 10.2 Å². The summed E-state index contributed by atoms with van der Waals surface area (Å²) in [5.74, 6) is 1.19. The molecule has 1 aromatic carbocycles. The zero-order chi connectivity index (χ0) is 13.1. The van der Waals surface area contributed by atoms with E-state index in [2.05, 4.69) is 41.4 Å². The highest BCUT2D eigenvalue weighted by molar-refractivity contribution is 7.99. The van der Waals surface area contributed by atoms with Crippen LogP contribution in [0.15, 0.2) is 29.2 Å². The van der Waals surface area contributed by atoms with E-state index in [-0.39, 0.29) is 0 Å². The van der Waals surface area contributed by atoms with Gasteiger partial charge in [-0.15, -0.1) is 11.8 Å². The Hall–Kier alpha value is -0.510. The van der Waals surface area contributed by atoms with Gasteiger partial charge in [-0.1, -0.05) is 24.6 Å². The fourth-order valence-electron chi connectivity index (χ4n) is 3.13. The minimum atomic E-state index is 0.549. The van der Waals surface area contributed by atoms with Crippen molar-refractivity contribution in [2.24, 2.45) is 0 Å². The van der Waals surface area contributed by atoms with Gasteiger partial charge in [0.2, 0.25) is 0 Å². The molecule has 1 aromatic rings. The average Bonchev–Trinajstić information content (AvgIpc) is 2.89. The number of piperidine rings is 1. The van der Waals surface area contributed by atoms with E-state index < -0.39 is 0 Å². The van der Waals surface area contributed by atoms with Crippen molar-refractivity contribution in [3.05, 3.63) is 29.8 Å². The van der Waals surface area contributed by atoms with E-state index in [1.807, 2.05) is 11.8 Å². The number of hydrogen-bond acceptors (Lipinski definition) is 3. The molecule has 3 heteroatoms. The molecule has 1 saturated heterocycles. The third kappa shape index (κ3) is 3.15. The number of nitrogens with one attached hydrogen (secondary N) is 1. The van der Waals surface area contributed by atoms with Gasteiger partial charge in [0.25, 0.3) is 0 Å². The number of likely N-dealkylation sites (tertiary alicyclic amines) is 1. The number of nitrogens with zero attached hydrogens (tertiary/aromatic N) is 1. The molecule has 2 heterocycles. The summed E-state index contributed by atoms with van der Waals surface area (Å²) < 4.78 is 0. The van der Waals surface area contributed by atoms with E-state index in [1.165, 1.54) is 48.6 Å². The van der Waals surface area contributed by atoms with Crippen molar-refractivity contribution in [3.8, 4) is 0 Å². The van der Waals surface area contributed by atoms with Crippen molar-refractivity contribution in [3.63, 3.8) is 0 Å². The average molecular weight is 276 g/mol. The number of hydrogen-bond donors (Lipinski definition) is 1. The fourth-order valence-corrected chi connectivity index (χ4v) is 4.33. The number of benzene rings is 1. The lowest BCUT2D eigenvalue weighted by atomic mass is 10.1. The molecule has 0 aromatic heterocycles. The summed E-state index contributed by atoms with van der Waals surface area (Å²) in [6.45, 7) is 6.06. The molecule has 0 aliphatic carbocycles. The molecule has 0 spiro atoms. The molecule has 3 rings (SSSR count). The van der Waals surface area contributed by atoms with Crippen LogP contribution < -0.4 is 5.32 Å². The minimum Gasteiger partial charge on any atom is -0.308 e. The molecular weight excluding hydrogens is 252 g/mol. The van der Waals surface area contributed by atoms with Crippen LogP contribution in [0.1, 0.15) is 37.8 Å². The van der Waals surface area contributed by atoms with Gasteiger partial charge in [0.05, 0.1) is 0 Å². The Kier molecular flexibility index (Phi) is 4.46. The van der Waals surface area contributed by atoms with E-state index in [0.29, 0.717) is 12.1 Å². The Morgan fingerprint density at radius 2 is 2.05 bits per heavy atom. The lowest BCUT2D eigenvalue weighted by Gasteiger charge is -2.33. The molecule has 2 unspecified atom stereocenters. The Morgan fingerprint density at radius 1 is 1.26 bits per heavy atom. The number of thioether (sulfide) groups is 1. The Bertz CT molecular complexity index is 415. The first-order valence-corrected chi connectivity index (χ1v) is 8.52. The third-order valence-electron chi connectivity index (χ3n) is 4.37. The summed E-state index contributed by atoms with van der Waals surface area (Å²) in [7, 11) is 0. The second-order valence-electron chi connectivity index (χ2n) is 5.76. The van der Waals surface area contributed by atoms with E-state index in [4.69, 9.17) is 0 Å². The summed E-state index contributed by atoms with van der Waals surface area (Å²) in [6.07, 6.45) is 4.18. The van der Waals surface area contributed by atoms with E-state index in [0.717, 1.165) is 6.54 Å². The standard InChI is InChI=1S/C16H24N2S/c1-13(18-9-5-2-6-10-18)11-17-15-12-19-16-8-4-3-7-14(15)16/h3-4,7-8,13,15,17H,2,5-6,9-12H2,1H3. The van der Waals surface area contributed by atoms with Gasteiger partial charge in [0.1, 0.15) is 0 Å². The maximum absolute atomic E-state index is 3.77. The number of fused-ring (bicyclic) bond motifs is 1. The van der Waals surface area contributed by atoms with Crippen LogP contribution >= 0.6 is 11.8 Å². The molecule has 2 aliphatic heterocycles. The lowest BCUT2D eigenvalue weighted by molar-refractivity contribution is 0.169. The van der Waals surface area contributed by atoms with Gasteiger partial charge in [-0.3, -0.25) is 4.90 Å². The van der Waals surface area contributed by atoms with Crippen LogP contribution in [0, 0.1) is 0 Å². The zero-order valence-electron chi connectivity index (χ0n) is 11.8. The molecule has 2 aliphatic rings. The first-order valence-electron chi connectivity index (χ1n) is 7.54. The molecule has 19 heavy (non-hydrogen) atoms. The molecular formula is C16H24N2S. The van der Waals surface area contributed by atoms with Crippen molar-refractivity contribution in [1.29, 1.82) is 0 Å². The molecule has 1 N–H and O–H groups in total. The molecule has 0 amide bonds. The second-order valence-corrected chi connectivity index (χ2v) is 6.82. The smallest absolute Gasteiger partial charge is 0.0427 e. The number of rotatable bonds is 4. The van der Waals surface area contributed by atoms with Gasteiger partial charge in [0.15, 0.2) is 0 Å². The second kappa shape index (κ2) is 6.29. The molecule has 0 radical (unpaired) electrons. The highest BCUT2D eigenvalue weighted by Gasteiger charge is 2.23. The monoisotopic (exact) mass is 276 g/mol. The molecule has 2 nitrogen and oxygen atoms in total. The maximum atomic E-state index is 3.77. The third-order valence-corrected chi connectivity index (χ3v) is 5.56. The predicted octanol–water partition coefficient (Wildman–Crippen LogP) is 3.30. The Morgan fingerprint density at radius 3 is 2.89 bits per heavy atom. The molecule has 0 bridgehead atoms. The lowest BCUT2D eigenvalue weighted by Crippen LogP contribution is -2.43. The topological polar surface area (TPSA) is 15.3 Å².